The van der Waals surface area contributed by atoms with Gasteiger partial charge < -0.3 is 11.1 Å². The summed E-state index contributed by atoms with van der Waals surface area (Å²) in [5.74, 6) is 0.767. The molecule has 2 rings (SSSR count). The molecule has 2 aromatic rings. The van der Waals surface area contributed by atoms with Crippen LogP contribution in [0.5, 0.6) is 0 Å². The van der Waals surface area contributed by atoms with Crippen LogP contribution in [0.4, 0.5) is 17.2 Å². The van der Waals surface area contributed by atoms with Crippen molar-refractivity contribution in [3.05, 3.63) is 47.7 Å². The Labute approximate surface area is 95.3 Å². The van der Waals surface area contributed by atoms with Crippen molar-refractivity contribution >= 4 is 17.2 Å². The minimum Gasteiger partial charge on any atom is -0.399 e. The van der Waals surface area contributed by atoms with Crippen LogP contribution in [-0.2, 0) is 0 Å². The van der Waals surface area contributed by atoms with Gasteiger partial charge in [0.2, 0.25) is 0 Å². The molecule has 0 unspecified atom stereocenters. The third kappa shape index (κ3) is 2.31. The fraction of sp³-hybridized carbons (Fsp3) is 0.154. The van der Waals surface area contributed by atoms with Crippen LogP contribution in [-0.4, -0.2) is 4.98 Å². The lowest BCUT2D eigenvalue weighted by Gasteiger charge is -2.08. The van der Waals surface area contributed by atoms with Gasteiger partial charge in [-0.1, -0.05) is 6.07 Å². The molecule has 0 atom stereocenters. The standard InChI is InChI=1S/C13H15N3/c1-9-3-4-12(7-10(9)2)16-13-8-11(14)5-6-15-13/h3-8H,1-2H3,(H3,14,15,16). The Morgan fingerprint density at radius 1 is 1.06 bits per heavy atom. The highest BCUT2D eigenvalue weighted by atomic mass is 15.0. The van der Waals surface area contributed by atoms with Crippen molar-refractivity contribution in [2.75, 3.05) is 11.1 Å². The zero-order valence-corrected chi connectivity index (χ0v) is 9.49. The minimum absolute atomic E-state index is 0.710. The van der Waals surface area contributed by atoms with E-state index in [1.54, 1.807) is 12.3 Å². The second-order valence-corrected chi connectivity index (χ2v) is 3.90. The van der Waals surface area contributed by atoms with Gasteiger partial charge >= 0.3 is 0 Å². The van der Waals surface area contributed by atoms with Crippen molar-refractivity contribution in [3.63, 3.8) is 0 Å². The number of anilines is 3. The molecule has 0 amide bonds. The molecule has 0 saturated heterocycles. The quantitative estimate of drug-likeness (QED) is 0.806. The summed E-state index contributed by atoms with van der Waals surface area (Å²) in [6.07, 6.45) is 1.69. The van der Waals surface area contributed by atoms with Gasteiger partial charge in [-0.3, -0.25) is 0 Å². The molecule has 0 fully saturated rings. The molecule has 0 saturated carbocycles. The predicted octanol–water partition coefficient (Wildman–Crippen LogP) is 3.02. The van der Waals surface area contributed by atoms with E-state index in [4.69, 9.17) is 5.73 Å². The maximum absolute atomic E-state index is 5.69. The number of aromatic nitrogens is 1. The zero-order chi connectivity index (χ0) is 11.5. The number of nitrogens with zero attached hydrogens (tertiary/aromatic N) is 1. The summed E-state index contributed by atoms with van der Waals surface area (Å²) in [6, 6.07) is 9.80. The normalized spacial score (nSPS) is 10.1. The van der Waals surface area contributed by atoms with Crippen LogP contribution in [0.3, 0.4) is 0 Å². The third-order valence-electron chi connectivity index (χ3n) is 2.56. The van der Waals surface area contributed by atoms with Gasteiger partial charge in [0.15, 0.2) is 0 Å². The van der Waals surface area contributed by atoms with Gasteiger partial charge in [-0.2, -0.15) is 0 Å². The lowest BCUT2D eigenvalue weighted by atomic mass is 10.1. The fourth-order valence-corrected chi connectivity index (χ4v) is 1.48. The van der Waals surface area contributed by atoms with E-state index >= 15 is 0 Å². The Morgan fingerprint density at radius 2 is 1.88 bits per heavy atom. The average Bonchev–Trinajstić information content (AvgIpc) is 2.24. The molecule has 0 aliphatic carbocycles. The second-order valence-electron chi connectivity index (χ2n) is 3.90. The molecule has 0 bridgehead atoms. The molecule has 0 aliphatic heterocycles. The van der Waals surface area contributed by atoms with Crippen LogP contribution in [0.15, 0.2) is 36.5 Å². The lowest BCUT2D eigenvalue weighted by molar-refractivity contribution is 1.29. The molecule has 3 heteroatoms. The average molecular weight is 213 g/mol. The largest absolute Gasteiger partial charge is 0.399 e. The van der Waals surface area contributed by atoms with Crippen molar-refractivity contribution in [3.8, 4) is 0 Å². The van der Waals surface area contributed by atoms with Crippen molar-refractivity contribution in [1.29, 1.82) is 0 Å². The smallest absolute Gasteiger partial charge is 0.132 e. The molecule has 3 nitrogen and oxygen atoms in total. The number of benzene rings is 1. The first kappa shape index (κ1) is 10.5. The number of aryl methyl sites for hydroxylation is 2. The molecule has 1 heterocycles. The molecule has 82 valence electrons. The Balaban J connectivity index is 2.24. The summed E-state index contributed by atoms with van der Waals surface area (Å²) in [7, 11) is 0. The monoisotopic (exact) mass is 213 g/mol. The Hall–Kier alpha value is -2.03. The number of hydrogen-bond donors (Lipinski definition) is 2. The van der Waals surface area contributed by atoms with Gasteiger partial charge in [-0.25, -0.2) is 4.98 Å². The maximum Gasteiger partial charge on any atom is 0.132 e. The number of pyridine rings is 1. The molecule has 0 spiro atoms. The van der Waals surface area contributed by atoms with Crippen LogP contribution in [0.1, 0.15) is 11.1 Å². The Morgan fingerprint density at radius 3 is 2.56 bits per heavy atom. The third-order valence-corrected chi connectivity index (χ3v) is 2.56. The Kier molecular flexibility index (Phi) is 2.77. The first-order valence-corrected chi connectivity index (χ1v) is 5.21. The molecule has 0 aliphatic rings. The summed E-state index contributed by atoms with van der Waals surface area (Å²) in [6.45, 7) is 4.19. The van der Waals surface area contributed by atoms with Crippen LogP contribution in [0, 0.1) is 13.8 Å². The zero-order valence-electron chi connectivity index (χ0n) is 9.49. The van der Waals surface area contributed by atoms with E-state index in [1.807, 2.05) is 12.1 Å². The molecular weight excluding hydrogens is 198 g/mol. The van der Waals surface area contributed by atoms with Crippen molar-refractivity contribution in [1.82, 2.24) is 4.98 Å². The highest BCUT2D eigenvalue weighted by Crippen LogP contribution is 2.19. The molecule has 1 aromatic heterocycles. The number of nitrogen functional groups attached to an aromatic ring is 1. The summed E-state index contributed by atoms with van der Waals surface area (Å²) >= 11 is 0. The summed E-state index contributed by atoms with van der Waals surface area (Å²) in [4.78, 5) is 4.20. The second kappa shape index (κ2) is 4.23. The van der Waals surface area contributed by atoms with E-state index in [0.717, 1.165) is 11.5 Å². The topological polar surface area (TPSA) is 50.9 Å². The van der Waals surface area contributed by atoms with Crippen LogP contribution in [0.25, 0.3) is 0 Å². The molecule has 0 radical (unpaired) electrons. The summed E-state index contributed by atoms with van der Waals surface area (Å²) < 4.78 is 0. The number of nitrogens with one attached hydrogen (secondary N) is 1. The van der Waals surface area contributed by atoms with Crippen molar-refractivity contribution in [2.24, 2.45) is 0 Å². The SMILES string of the molecule is Cc1ccc(Nc2cc(N)ccn2)cc1C. The molecule has 1 aromatic carbocycles. The van der Waals surface area contributed by atoms with Crippen molar-refractivity contribution in [2.45, 2.75) is 13.8 Å². The first-order valence-electron chi connectivity index (χ1n) is 5.21. The number of hydrogen-bond acceptors (Lipinski definition) is 3. The van der Waals surface area contributed by atoms with E-state index in [1.165, 1.54) is 11.1 Å². The predicted molar refractivity (Wildman–Crippen MR) is 67.8 cm³/mol. The van der Waals surface area contributed by atoms with E-state index < -0.39 is 0 Å². The van der Waals surface area contributed by atoms with Gasteiger partial charge in [0.1, 0.15) is 5.82 Å². The van der Waals surface area contributed by atoms with E-state index in [0.29, 0.717) is 5.69 Å². The molecule has 16 heavy (non-hydrogen) atoms. The summed E-state index contributed by atoms with van der Waals surface area (Å²) in [5.41, 5.74) is 9.97. The van der Waals surface area contributed by atoms with Gasteiger partial charge in [0.25, 0.3) is 0 Å². The van der Waals surface area contributed by atoms with Crippen molar-refractivity contribution < 1.29 is 0 Å². The van der Waals surface area contributed by atoms with Gasteiger partial charge in [0.05, 0.1) is 0 Å². The molecular formula is C13H15N3. The number of rotatable bonds is 2. The molecule has 3 N–H and O–H groups in total. The maximum atomic E-state index is 5.69. The van der Waals surface area contributed by atoms with Gasteiger partial charge in [0, 0.05) is 23.6 Å². The van der Waals surface area contributed by atoms with E-state index in [9.17, 15) is 0 Å². The van der Waals surface area contributed by atoms with E-state index in [2.05, 4.69) is 36.3 Å². The Bertz CT molecular complexity index is 506. The van der Waals surface area contributed by atoms with Gasteiger partial charge in [-0.15, -0.1) is 0 Å². The fourth-order valence-electron chi connectivity index (χ4n) is 1.48. The van der Waals surface area contributed by atoms with Crippen LogP contribution >= 0.6 is 0 Å². The number of nitrogens with two attached hydrogens (primary N) is 1. The van der Waals surface area contributed by atoms with E-state index in [-0.39, 0.29) is 0 Å². The van der Waals surface area contributed by atoms with Crippen LogP contribution in [0.2, 0.25) is 0 Å². The minimum atomic E-state index is 0.710. The lowest BCUT2D eigenvalue weighted by Crippen LogP contribution is -1.95. The highest BCUT2D eigenvalue weighted by molar-refractivity contribution is 5.60. The van der Waals surface area contributed by atoms with Crippen LogP contribution < -0.4 is 11.1 Å². The summed E-state index contributed by atoms with van der Waals surface area (Å²) in [5, 5.41) is 3.22. The first-order chi connectivity index (χ1) is 7.65. The van der Waals surface area contributed by atoms with Gasteiger partial charge in [-0.05, 0) is 43.2 Å². The highest BCUT2D eigenvalue weighted by Gasteiger charge is 1.98.